The van der Waals surface area contributed by atoms with Gasteiger partial charge >= 0.3 is 6.36 Å². The van der Waals surface area contributed by atoms with Gasteiger partial charge in [0, 0.05) is 37.0 Å². The Kier molecular flexibility index (Phi) is 7.44. The second-order valence-corrected chi connectivity index (χ2v) is 9.05. The van der Waals surface area contributed by atoms with Gasteiger partial charge in [0.15, 0.2) is 0 Å². The summed E-state index contributed by atoms with van der Waals surface area (Å²) < 4.78 is 48.4. The zero-order valence-corrected chi connectivity index (χ0v) is 21.3. The fraction of sp³-hybridized carbons (Fsp3) is 0.296. The zero-order valence-electron chi connectivity index (χ0n) is 21.3. The van der Waals surface area contributed by atoms with Crippen LogP contribution in [0.15, 0.2) is 76.0 Å². The number of rotatable bonds is 9. The van der Waals surface area contributed by atoms with Crippen LogP contribution in [-0.4, -0.2) is 43.5 Å². The summed E-state index contributed by atoms with van der Waals surface area (Å²) in [6, 6.07) is 11.3. The normalized spacial score (nSPS) is 15.6. The van der Waals surface area contributed by atoms with Gasteiger partial charge in [-0.15, -0.1) is 13.2 Å². The van der Waals surface area contributed by atoms with Gasteiger partial charge in [0.25, 0.3) is 5.89 Å². The van der Waals surface area contributed by atoms with E-state index in [-0.39, 0.29) is 23.4 Å². The highest BCUT2D eigenvalue weighted by Gasteiger charge is 2.31. The molecule has 1 aliphatic heterocycles. The van der Waals surface area contributed by atoms with Crippen molar-refractivity contribution in [1.29, 1.82) is 0 Å². The SMILES string of the molecule is CCn1nccc1CNc1cc(C[C@H]2CN=C(c3nc(-c4ccc(OC(F)(F)F)cc4)no3)C=C2C)ccn1. The number of aromatic nitrogens is 5. The van der Waals surface area contributed by atoms with Gasteiger partial charge in [-0.3, -0.25) is 9.67 Å². The average molecular weight is 538 g/mol. The first-order valence-electron chi connectivity index (χ1n) is 12.4. The highest BCUT2D eigenvalue weighted by atomic mass is 19.4. The van der Waals surface area contributed by atoms with Gasteiger partial charge in [0.1, 0.15) is 17.3 Å². The van der Waals surface area contributed by atoms with Crippen LogP contribution < -0.4 is 10.1 Å². The Hall–Kier alpha value is -4.48. The molecule has 0 aliphatic carbocycles. The first kappa shape index (κ1) is 26.1. The highest BCUT2D eigenvalue weighted by molar-refractivity contribution is 6.06. The van der Waals surface area contributed by atoms with Crippen molar-refractivity contribution in [3.63, 3.8) is 0 Å². The van der Waals surface area contributed by atoms with Crippen LogP contribution in [0.5, 0.6) is 5.75 Å². The van der Waals surface area contributed by atoms with Gasteiger partial charge in [0.05, 0.1) is 12.2 Å². The molecular weight excluding hydrogens is 511 g/mol. The van der Waals surface area contributed by atoms with Crippen molar-refractivity contribution in [2.24, 2.45) is 10.9 Å². The maximum atomic E-state index is 12.4. The lowest BCUT2D eigenvalue weighted by Gasteiger charge is -2.20. The van der Waals surface area contributed by atoms with Crippen LogP contribution in [0.2, 0.25) is 0 Å². The summed E-state index contributed by atoms with van der Waals surface area (Å²) in [6.07, 6.45) is 1.56. The predicted octanol–water partition coefficient (Wildman–Crippen LogP) is 5.47. The van der Waals surface area contributed by atoms with Crippen LogP contribution in [-0.2, 0) is 19.5 Å². The number of aliphatic imine (C=N–C) groups is 1. The Morgan fingerprint density at radius 1 is 1.13 bits per heavy atom. The minimum absolute atomic E-state index is 0.203. The first-order valence-corrected chi connectivity index (χ1v) is 12.4. The monoisotopic (exact) mass is 537 g/mol. The van der Waals surface area contributed by atoms with E-state index in [0.717, 1.165) is 35.6 Å². The number of nitrogens with one attached hydrogen (secondary N) is 1. The molecule has 1 N–H and O–H groups in total. The lowest BCUT2D eigenvalue weighted by atomic mass is 9.90. The third-order valence-corrected chi connectivity index (χ3v) is 6.34. The standard InChI is InChI=1S/C27H26F3N7O2/c1-3-37-21(9-11-34-37)16-33-24-14-18(8-10-31-24)13-20-15-32-23(12-17(20)2)26-35-25(36-39-26)19-4-6-22(7-5-19)38-27(28,29)30/h4-12,14,20H,3,13,15-16H2,1-2H3,(H,31,33)/t20-/m0/s1. The zero-order chi connectivity index (χ0) is 27.4. The van der Waals surface area contributed by atoms with E-state index in [1.165, 1.54) is 24.3 Å². The average Bonchev–Trinajstić information content (AvgIpc) is 3.58. The molecule has 9 nitrogen and oxygen atoms in total. The molecular formula is C27H26F3N7O2. The molecule has 3 aromatic heterocycles. The van der Waals surface area contributed by atoms with Crippen molar-refractivity contribution >= 4 is 11.5 Å². The topological polar surface area (TPSA) is 103 Å². The van der Waals surface area contributed by atoms with E-state index in [1.807, 2.05) is 29.8 Å². The van der Waals surface area contributed by atoms with Crippen LogP contribution in [0, 0.1) is 5.92 Å². The van der Waals surface area contributed by atoms with Crippen molar-refractivity contribution in [3.8, 4) is 17.1 Å². The fourth-order valence-corrected chi connectivity index (χ4v) is 4.30. The van der Waals surface area contributed by atoms with Crippen LogP contribution in [0.1, 0.15) is 31.0 Å². The molecule has 0 saturated carbocycles. The molecule has 5 rings (SSSR count). The van der Waals surface area contributed by atoms with Crippen molar-refractivity contribution < 1.29 is 22.4 Å². The molecule has 1 aliphatic rings. The van der Waals surface area contributed by atoms with Crippen molar-refractivity contribution in [1.82, 2.24) is 24.9 Å². The van der Waals surface area contributed by atoms with Crippen LogP contribution in [0.3, 0.4) is 0 Å². The van der Waals surface area contributed by atoms with Crippen molar-refractivity contribution in [3.05, 3.63) is 83.7 Å². The molecule has 0 radical (unpaired) electrons. The number of allylic oxidation sites excluding steroid dienone is 1. The Balaban J connectivity index is 1.20. The smallest absolute Gasteiger partial charge is 0.406 e. The third-order valence-electron chi connectivity index (χ3n) is 6.34. The Morgan fingerprint density at radius 2 is 1.95 bits per heavy atom. The number of aryl methyl sites for hydroxylation is 1. The number of halogens is 3. The Morgan fingerprint density at radius 3 is 2.69 bits per heavy atom. The summed E-state index contributed by atoms with van der Waals surface area (Å²) in [5.41, 5.74) is 4.44. The molecule has 0 saturated heterocycles. The number of anilines is 1. The summed E-state index contributed by atoms with van der Waals surface area (Å²) in [5, 5.41) is 11.6. The van der Waals surface area contributed by atoms with Crippen molar-refractivity contribution in [2.75, 3.05) is 11.9 Å². The maximum absolute atomic E-state index is 12.4. The number of dihydropyridines is 1. The number of hydrogen-bond acceptors (Lipinski definition) is 8. The molecule has 39 heavy (non-hydrogen) atoms. The van der Waals surface area contributed by atoms with Gasteiger partial charge in [0.2, 0.25) is 5.82 Å². The molecule has 0 fully saturated rings. The van der Waals surface area contributed by atoms with Crippen molar-refractivity contribution in [2.45, 2.75) is 39.7 Å². The van der Waals surface area contributed by atoms with E-state index in [4.69, 9.17) is 4.52 Å². The largest absolute Gasteiger partial charge is 0.573 e. The Labute approximate surface area is 222 Å². The van der Waals surface area contributed by atoms with Gasteiger partial charge in [-0.2, -0.15) is 10.1 Å². The van der Waals surface area contributed by atoms with Crippen LogP contribution in [0.4, 0.5) is 19.0 Å². The molecule has 0 spiro atoms. The summed E-state index contributed by atoms with van der Waals surface area (Å²) >= 11 is 0. The minimum Gasteiger partial charge on any atom is -0.406 e. The second-order valence-electron chi connectivity index (χ2n) is 9.05. The summed E-state index contributed by atoms with van der Waals surface area (Å²) in [5.74, 6) is 1.18. The number of nitrogens with zero attached hydrogens (tertiary/aromatic N) is 6. The Bertz CT molecular complexity index is 1490. The van der Waals surface area contributed by atoms with E-state index < -0.39 is 6.36 Å². The molecule has 4 heterocycles. The van der Waals surface area contributed by atoms with Crippen LogP contribution in [0.25, 0.3) is 11.4 Å². The molecule has 12 heteroatoms. The summed E-state index contributed by atoms with van der Waals surface area (Å²) in [4.78, 5) is 13.5. The number of hydrogen-bond donors (Lipinski definition) is 1. The predicted molar refractivity (Wildman–Crippen MR) is 138 cm³/mol. The third kappa shape index (κ3) is 6.51. The fourth-order valence-electron chi connectivity index (χ4n) is 4.30. The molecule has 0 unspecified atom stereocenters. The molecule has 4 aromatic rings. The molecule has 202 valence electrons. The van der Waals surface area contributed by atoms with Crippen LogP contribution >= 0.6 is 0 Å². The molecule has 1 aromatic carbocycles. The highest BCUT2D eigenvalue weighted by Crippen LogP contribution is 2.27. The lowest BCUT2D eigenvalue weighted by Crippen LogP contribution is -2.18. The number of pyridine rings is 1. The van der Waals surface area contributed by atoms with E-state index in [9.17, 15) is 13.2 Å². The summed E-state index contributed by atoms with van der Waals surface area (Å²) in [6.45, 7) is 6.10. The van der Waals surface area contributed by atoms with Gasteiger partial charge < -0.3 is 14.6 Å². The van der Waals surface area contributed by atoms with Gasteiger partial charge in [-0.1, -0.05) is 10.7 Å². The summed E-state index contributed by atoms with van der Waals surface area (Å²) in [7, 11) is 0. The quantitative estimate of drug-likeness (QED) is 0.302. The number of benzene rings is 1. The molecule has 0 amide bonds. The van der Waals surface area contributed by atoms with Gasteiger partial charge in [-0.05, 0) is 74.4 Å². The lowest BCUT2D eigenvalue weighted by molar-refractivity contribution is -0.274. The maximum Gasteiger partial charge on any atom is 0.573 e. The molecule has 1 atom stereocenters. The second kappa shape index (κ2) is 11.1. The number of alkyl halides is 3. The van der Waals surface area contributed by atoms with E-state index >= 15 is 0 Å². The minimum atomic E-state index is -4.75. The van der Waals surface area contributed by atoms with E-state index in [2.05, 4.69) is 48.3 Å². The van der Waals surface area contributed by atoms with E-state index in [1.54, 1.807) is 12.4 Å². The van der Waals surface area contributed by atoms with Gasteiger partial charge in [-0.25, -0.2) is 4.98 Å². The first-order chi connectivity index (χ1) is 18.8. The molecule has 0 bridgehead atoms. The van der Waals surface area contributed by atoms with E-state index in [0.29, 0.717) is 24.4 Å². The number of ether oxygens (including phenoxy) is 1.